The number of thiophene rings is 1. The molecule has 1 saturated carbocycles. The molecule has 0 radical (unpaired) electrons. The summed E-state index contributed by atoms with van der Waals surface area (Å²) >= 11 is 1.11. The van der Waals surface area contributed by atoms with Crippen LogP contribution in [-0.2, 0) is 0 Å². The Bertz CT molecular complexity index is 759. The number of hydrogen-bond acceptors (Lipinski definition) is 4. The zero-order chi connectivity index (χ0) is 15.9. The van der Waals surface area contributed by atoms with E-state index in [1.165, 1.54) is 18.2 Å². The highest BCUT2D eigenvalue weighted by Gasteiger charge is 2.40. The summed E-state index contributed by atoms with van der Waals surface area (Å²) < 4.78 is 13.2. The SMILES string of the molecule is Cc1sc(C(=O)N[C@H]2C[C@@H]2c2cccc(F)c2)cc1[N+](=O)[O-]. The van der Waals surface area contributed by atoms with Crippen molar-refractivity contribution < 1.29 is 14.1 Å². The molecule has 0 spiro atoms. The van der Waals surface area contributed by atoms with Gasteiger partial charge in [0.15, 0.2) is 0 Å². The van der Waals surface area contributed by atoms with Gasteiger partial charge in [-0.05, 0) is 31.0 Å². The van der Waals surface area contributed by atoms with Gasteiger partial charge in [-0.2, -0.15) is 0 Å². The molecule has 3 rings (SSSR count). The third-order valence-corrected chi connectivity index (χ3v) is 4.73. The second kappa shape index (κ2) is 5.49. The van der Waals surface area contributed by atoms with Crippen molar-refractivity contribution in [2.45, 2.75) is 25.3 Å². The minimum atomic E-state index is -0.491. The molecule has 1 heterocycles. The van der Waals surface area contributed by atoms with Crippen molar-refractivity contribution in [3.8, 4) is 0 Å². The van der Waals surface area contributed by atoms with Gasteiger partial charge in [0.05, 0.1) is 14.7 Å². The molecule has 1 aliphatic rings. The molecule has 22 heavy (non-hydrogen) atoms. The fourth-order valence-corrected chi connectivity index (χ4v) is 3.36. The van der Waals surface area contributed by atoms with Gasteiger partial charge < -0.3 is 5.32 Å². The van der Waals surface area contributed by atoms with Crippen LogP contribution in [0.1, 0.15) is 32.5 Å². The summed E-state index contributed by atoms with van der Waals surface area (Å²) in [6.45, 7) is 1.62. The van der Waals surface area contributed by atoms with Crippen LogP contribution < -0.4 is 5.32 Å². The Morgan fingerprint density at radius 3 is 2.86 bits per heavy atom. The maximum Gasteiger partial charge on any atom is 0.283 e. The highest BCUT2D eigenvalue weighted by atomic mass is 32.1. The van der Waals surface area contributed by atoms with E-state index in [2.05, 4.69) is 5.32 Å². The maximum absolute atomic E-state index is 13.2. The smallest absolute Gasteiger partial charge is 0.283 e. The number of halogens is 1. The Balaban J connectivity index is 1.66. The molecule has 1 amide bonds. The Labute approximate surface area is 129 Å². The van der Waals surface area contributed by atoms with Crippen LogP contribution >= 0.6 is 11.3 Å². The van der Waals surface area contributed by atoms with E-state index in [-0.39, 0.29) is 29.4 Å². The highest BCUT2D eigenvalue weighted by Crippen LogP contribution is 2.41. The predicted molar refractivity (Wildman–Crippen MR) is 80.7 cm³/mol. The first-order chi connectivity index (χ1) is 10.5. The Morgan fingerprint density at radius 2 is 2.23 bits per heavy atom. The van der Waals surface area contributed by atoms with E-state index in [9.17, 15) is 19.3 Å². The molecule has 0 aliphatic heterocycles. The molecule has 1 aliphatic carbocycles. The quantitative estimate of drug-likeness (QED) is 0.693. The van der Waals surface area contributed by atoms with E-state index in [1.54, 1.807) is 13.0 Å². The number of benzene rings is 1. The third kappa shape index (κ3) is 2.85. The van der Waals surface area contributed by atoms with Gasteiger partial charge >= 0.3 is 0 Å². The van der Waals surface area contributed by atoms with Crippen molar-refractivity contribution in [1.82, 2.24) is 5.32 Å². The van der Waals surface area contributed by atoms with Crippen LogP contribution in [0.3, 0.4) is 0 Å². The lowest BCUT2D eigenvalue weighted by atomic mass is 10.1. The normalized spacial score (nSPS) is 19.7. The standard InChI is InChI=1S/C15H13FN2O3S/c1-8-13(18(20)21)7-14(22-8)15(19)17-12-6-11(12)9-3-2-4-10(16)5-9/h2-5,7,11-12H,6H2,1H3,(H,17,19)/t11-,12+/m1/s1. The summed E-state index contributed by atoms with van der Waals surface area (Å²) in [6.07, 6.45) is 0.752. The number of hydrogen-bond donors (Lipinski definition) is 1. The maximum atomic E-state index is 13.2. The molecule has 0 unspecified atom stereocenters. The van der Waals surface area contributed by atoms with Gasteiger partial charge in [0.25, 0.3) is 11.6 Å². The van der Waals surface area contributed by atoms with Crippen molar-refractivity contribution in [3.05, 3.63) is 61.6 Å². The summed E-state index contributed by atoms with van der Waals surface area (Å²) in [5, 5.41) is 13.7. The van der Waals surface area contributed by atoms with Crippen LogP contribution in [-0.4, -0.2) is 16.9 Å². The summed E-state index contributed by atoms with van der Waals surface area (Å²) in [4.78, 5) is 23.3. The first kappa shape index (κ1) is 14.6. The number of nitro groups is 1. The van der Waals surface area contributed by atoms with Crippen LogP contribution in [0, 0.1) is 22.9 Å². The first-order valence-corrected chi connectivity index (χ1v) is 7.58. The van der Waals surface area contributed by atoms with Gasteiger partial charge in [0.2, 0.25) is 0 Å². The van der Waals surface area contributed by atoms with E-state index in [0.29, 0.717) is 9.75 Å². The minimum Gasteiger partial charge on any atom is -0.348 e. The van der Waals surface area contributed by atoms with Crippen LogP contribution in [0.5, 0.6) is 0 Å². The summed E-state index contributed by atoms with van der Waals surface area (Å²) in [5.74, 6) is -0.500. The van der Waals surface area contributed by atoms with Gasteiger partial charge in [-0.3, -0.25) is 14.9 Å². The van der Waals surface area contributed by atoms with Gasteiger partial charge in [-0.15, -0.1) is 11.3 Å². The van der Waals surface area contributed by atoms with Gasteiger partial charge in [0.1, 0.15) is 5.82 Å². The minimum absolute atomic E-state index is 0.0346. The molecule has 1 aromatic heterocycles. The van der Waals surface area contributed by atoms with E-state index in [4.69, 9.17) is 0 Å². The first-order valence-electron chi connectivity index (χ1n) is 6.77. The predicted octanol–water partition coefficient (Wildman–Crippen LogP) is 3.39. The number of aryl methyl sites for hydroxylation is 1. The lowest BCUT2D eigenvalue weighted by Crippen LogP contribution is -2.25. The molecule has 7 heteroatoms. The lowest BCUT2D eigenvalue weighted by molar-refractivity contribution is -0.385. The molecular weight excluding hydrogens is 307 g/mol. The average Bonchev–Trinajstić information content (AvgIpc) is 3.10. The van der Waals surface area contributed by atoms with Crippen LogP contribution in [0.4, 0.5) is 10.1 Å². The molecule has 0 bridgehead atoms. The summed E-state index contributed by atoms with van der Waals surface area (Å²) in [6, 6.07) is 7.59. The van der Waals surface area contributed by atoms with Gasteiger partial charge in [0, 0.05) is 18.0 Å². The zero-order valence-corrected chi connectivity index (χ0v) is 12.5. The Kier molecular flexibility index (Phi) is 3.66. The Morgan fingerprint density at radius 1 is 1.45 bits per heavy atom. The zero-order valence-electron chi connectivity index (χ0n) is 11.7. The van der Waals surface area contributed by atoms with Crippen LogP contribution in [0.15, 0.2) is 30.3 Å². The van der Waals surface area contributed by atoms with Crippen molar-refractivity contribution in [1.29, 1.82) is 0 Å². The van der Waals surface area contributed by atoms with Crippen LogP contribution in [0.2, 0.25) is 0 Å². The number of carbonyl (C=O) groups excluding carboxylic acids is 1. The molecule has 0 saturated heterocycles. The highest BCUT2D eigenvalue weighted by molar-refractivity contribution is 7.14. The Hall–Kier alpha value is -2.28. The lowest BCUT2D eigenvalue weighted by Gasteiger charge is -2.03. The van der Waals surface area contributed by atoms with Gasteiger partial charge in [-0.1, -0.05) is 12.1 Å². The van der Waals surface area contributed by atoms with E-state index < -0.39 is 4.92 Å². The molecule has 1 aromatic carbocycles. The molecular formula is C15H13FN2O3S. The molecule has 1 fully saturated rings. The average molecular weight is 320 g/mol. The number of nitrogens with zero attached hydrogens (tertiary/aromatic N) is 1. The number of carbonyl (C=O) groups is 1. The number of nitrogens with one attached hydrogen (secondary N) is 1. The second-order valence-corrected chi connectivity index (χ2v) is 6.54. The fourth-order valence-electron chi connectivity index (χ4n) is 2.47. The molecule has 5 nitrogen and oxygen atoms in total. The van der Waals surface area contributed by atoms with E-state index in [0.717, 1.165) is 23.3 Å². The second-order valence-electron chi connectivity index (χ2n) is 5.29. The summed E-state index contributed by atoms with van der Waals surface area (Å²) in [5.41, 5.74) is 0.825. The fraction of sp³-hybridized carbons (Fsp3) is 0.267. The molecule has 1 N–H and O–H groups in total. The van der Waals surface area contributed by atoms with Crippen molar-refractivity contribution in [2.24, 2.45) is 0 Å². The largest absolute Gasteiger partial charge is 0.348 e. The van der Waals surface area contributed by atoms with Crippen molar-refractivity contribution >= 4 is 22.9 Å². The van der Waals surface area contributed by atoms with E-state index in [1.807, 2.05) is 6.07 Å². The molecule has 2 atom stereocenters. The van der Waals surface area contributed by atoms with Crippen molar-refractivity contribution in [3.63, 3.8) is 0 Å². The topological polar surface area (TPSA) is 72.2 Å². The molecule has 114 valence electrons. The molecule has 2 aromatic rings. The van der Waals surface area contributed by atoms with Crippen LogP contribution in [0.25, 0.3) is 0 Å². The third-order valence-electron chi connectivity index (χ3n) is 3.70. The van der Waals surface area contributed by atoms with E-state index >= 15 is 0 Å². The summed E-state index contributed by atoms with van der Waals surface area (Å²) in [7, 11) is 0. The van der Waals surface area contributed by atoms with Gasteiger partial charge in [-0.25, -0.2) is 4.39 Å². The number of rotatable bonds is 4. The van der Waals surface area contributed by atoms with Crippen molar-refractivity contribution in [2.75, 3.05) is 0 Å². The number of amides is 1. The monoisotopic (exact) mass is 320 g/mol.